The molecule has 2 aromatic carbocycles. The Morgan fingerprint density at radius 2 is 2.00 bits per heavy atom. The van der Waals surface area contributed by atoms with Gasteiger partial charge >= 0.3 is 5.97 Å². The third-order valence-electron chi connectivity index (χ3n) is 5.84. The number of benzene rings is 2. The fraction of sp³-hybridized carbons (Fsp3) is 0.391. The number of carbonyl (C=O) groups is 2. The number of nitrogens with zero attached hydrogens (tertiary/aromatic N) is 1. The van der Waals surface area contributed by atoms with Crippen molar-refractivity contribution >= 4 is 11.9 Å². The first-order chi connectivity index (χ1) is 14.1. The number of fused-ring (bicyclic) bond motifs is 2. The number of hydrogen-bond acceptors (Lipinski definition) is 5. The molecule has 152 valence electrons. The van der Waals surface area contributed by atoms with Gasteiger partial charge in [-0.05, 0) is 37.0 Å². The molecule has 0 bridgehead atoms. The molecule has 1 fully saturated rings. The van der Waals surface area contributed by atoms with Gasteiger partial charge in [-0.1, -0.05) is 24.3 Å². The lowest BCUT2D eigenvalue weighted by atomic mass is 9.85. The Hall–Kier alpha value is -3.02. The lowest BCUT2D eigenvalue weighted by molar-refractivity contribution is -0.138. The van der Waals surface area contributed by atoms with E-state index in [0.29, 0.717) is 37.2 Å². The van der Waals surface area contributed by atoms with Gasteiger partial charge in [0.05, 0.1) is 26.3 Å². The molecule has 0 unspecified atom stereocenters. The van der Waals surface area contributed by atoms with Crippen LogP contribution in [0.4, 0.5) is 0 Å². The van der Waals surface area contributed by atoms with Crippen molar-refractivity contribution in [1.82, 2.24) is 4.90 Å². The molecule has 1 atom stereocenters. The molecule has 1 saturated heterocycles. The summed E-state index contributed by atoms with van der Waals surface area (Å²) in [4.78, 5) is 27.1. The lowest BCUT2D eigenvalue weighted by Crippen LogP contribution is -2.48. The van der Waals surface area contributed by atoms with E-state index in [0.717, 1.165) is 29.7 Å². The molecule has 2 aromatic rings. The minimum atomic E-state index is -0.709. The minimum Gasteiger partial charge on any atom is -0.497 e. The zero-order valence-electron chi connectivity index (χ0n) is 16.8. The molecule has 0 N–H and O–H groups in total. The van der Waals surface area contributed by atoms with Crippen LogP contribution in [-0.4, -0.2) is 44.1 Å². The number of likely N-dealkylation sites (tertiary alicyclic amines) is 1. The van der Waals surface area contributed by atoms with Crippen molar-refractivity contribution in [3.8, 4) is 11.5 Å². The number of hydrogen-bond donors (Lipinski definition) is 0. The Kier molecular flexibility index (Phi) is 5.18. The van der Waals surface area contributed by atoms with E-state index in [2.05, 4.69) is 0 Å². The summed E-state index contributed by atoms with van der Waals surface area (Å²) < 4.78 is 16.5. The smallest absolute Gasteiger partial charge is 0.339 e. The molecule has 6 nitrogen and oxygen atoms in total. The summed E-state index contributed by atoms with van der Waals surface area (Å²) in [6.45, 7) is 1.09. The first kappa shape index (κ1) is 19.3. The highest BCUT2D eigenvalue weighted by molar-refractivity contribution is 5.95. The highest BCUT2D eigenvalue weighted by Crippen LogP contribution is 2.42. The zero-order valence-corrected chi connectivity index (χ0v) is 16.8. The van der Waals surface area contributed by atoms with Crippen molar-refractivity contribution in [3.05, 3.63) is 59.2 Å². The van der Waals surface area contributed by atoms with E-state index in [1.54, 1.807) is 20.3 Å². The monoisotopic (exact) mass is 395 g/mol. The molecule has 2 heterocycles. The van der Waals surface area contributed by atoms with E-state index in [1.165, 1.54) is 0 Å². The molecule has 6 heteroatoms. The molecule has 2 aliphatic heterocycles. The van der Waals surface area contributed by atoms with Gasteiger partial charge < -0.3 is 19.1 Å². The van der Waals surface area contributed by atoms with Gasteiger partial charge in [0.2, 0.25) is 5.91 Å². The molecule has 2 aliphatic rings. The lowest BCUT2D eigenvalue weighted by Gasteiger charge is -2.39. The van der Waals surface area contributed by atoms with Crippen LogP contribution in [0.15, 0.2) is 42.5 Å². The third-order valence-corrected chi connectivity index (χ3v) is 5.84. The summed E-state index contributed by atoms with van der Waals surface area (Å²) in [6, 6.07) is 13.1. The summed E-state index contributed by atoms with van der Waals surface area (Å²) in [5.41, 5.74) is 1.77. The number of methoxy groups -OCH3 is 2. The Morgan fingerprint density at radius 3 is 2.79 bits per heavy atom. The second-order valence-electron chi connectivity index (χ2n) is 7.53. The predicted molar refractivity (Wildman–Crippen MR) is 107 cm³/mol. The van der Waals surface area contributed by atoms with E-state index in [1.807, 2.05) is 41.3 Å². The van der Waals surface area contributed by atoms with Crippen molar-refractivity contribution in [2.24, 2.45) is 0 Å². The van der Waals surface area contributed by atoms with Gasteiger partial charge in [-0.15, -0.1) is 0 Å². The molecule has 29 heavy (non-hydrogen) atoms. The summed E-state index contributed by atoms with van der Waals surface area (Å²) in [6.07, 6.45) is 2.49. The zero-order chi connectivity index (χ0) is 20.4. The van der Waals surface area contributed by atoms with Crippen LogP contribution in [0, 0.1) is 0 Å². The summed E-state index contributed by atoms with van der Waals surface area (Å²) in [5.74, 6) is 1.20. The highest BCUT2D eigenvalue weighted by atomic mass is 16.6. The number of rotatable bonds is 5. The van der Waals surface area contributed by atoms with Crippen molar-refractivity contribution < 1.29 is 23.8 Å². The maximum Gasteiger partial charge on any atom is 0.339 e. The summed E-state index contributed by atoms with van der Waals surface area (Å²) in [5, 5.41) is 0. The van der Waals surface area contributed by atoms with Gasteiger partial charge in [-0.3, -0.25) is 4.79 Å². The predicted octanol–water partition coefficient (Wildman–Crippen LogP) is 3.32. The van der Waals surface area contributed by atoms with Crippen molar-refractivity contribution in [1.29, 1.82) is 0 Å². The van der Waals surface area contributed by atoms with E-state index in [-0.39, 0.29) is 11.9 Å². The number of piperidine rings is 1. The standard InChI is InChI=1S/C23H25NO5/c1-27-17-10-8-16(20(14-17)28-2)9-11-21(25)24-13-5-12-23(15-24)19-7-4-3-6-18(19)22(26)29-23/h3-4,6-8,10,14H,5,9,11-13,15H2,1-2H3/t23-/m1/s1. The quantitative estimate of drug-likeness (QED) is 0.727. The summed E-state index contributed by atoms with van der Waals surface area (Å²) in [7, 11) is 3.22. The molecule has 1 spiro atoms. The first-order valence-electron chi connectivity index (χ1n) is 9.88. The molecule has 0 radical (unpaired) electrons. The van der Waals surface area contributed by atoms with Crippen molar-refractivity contribution in [2.75, 3.05) is 27.3 Å². The van der Waals surface area contributed by atoms with Gasteiger partial charge in [0.1, 0.15) is 11.5 Å². The molecule has 1 amide bonds. The average molecular weight is 395 g/mol. The van der Waals surface area contributed by atoms with E-state index in [9.17, 15) is 9.59 Å². The maximum absolute atomic E-state index is 12.9. The fourth-order valence-electron chi connectivity index (χ4n) is 4.34. The van der Waals surface area contributed by atoms with Gasteiger partial charge in [0.15, 0.2) is 5.60 Å². The molecular weight excluding hydrogens is 370 g/mol. The average Bonchev–Trinajstić information content (AvgIpc) is 3.03. The SMILES string of the molecule is COc1ccc(CCC(=O)N2CCC[C@]3(C2)OC(=O)c2ccccc23)c(OC)c1. The molecular formula is C23H25NO5. The molecule has 4 rings (SSSR count). The van der Waals surface area contributed by atoms with E-state index in [4.69, 9.17) is 14.2 Å². The molecule has 0 aromatic heterocycles. The van der Waals surface area contributed by atoms with Crippen LogP contribution in [0.3, 0.4) is 0 Å². The van der Waals surface area contributed by atoms with E-state index >= 15 is 0 Å². The van der Waals surface area contributed by atoms with Gasteiger partial charge in [-0.25, -0.2) is 4.79 Å². The topological polar surface area (TPSA) is 65.1 Å². The van der Waals surface area contributed by atoms with Crippen LogP contribution >= 0.6 is 0 Å². The van der Waals surface area contributed by atoms with Crippen LogP contribution in [0.2, 0.25) is 0 Å². The number of carbonyl (C=O) groups excluding carboxylic acids is 2. The second kappa shape index (κ2) is 7.78. The third kappa shape index (κ3) is 3.55. The Labute approximate surface area is 170 Å². The van der Waals surface area contributed by atoms with Crippen LogP contribution in [0.5, 0.6) is 11.5 Å². The van der Waals surface area contributed by atoms with Gasteiger partial charge in [0.25, 0.3) is 0 Å². The van der Waals surface area contributed by atoms with Gasteiger partial charge in [-0.2, -0.15) is 0 Å². The fourth-order valence-corrected chi connectivity index (χ4v) is 4.34. The normalized spacial score (nSPS) is 20.3. The highest BCUT2D eigenvalue weighted by Gasteiger charge is 2.48. The Balaban J connectivity index is 1.46. The Bertz CT molecular complexity index is 941. The van der Waals surface area contributed by atoms with Crippen LogP contribution in [0.25, 0.3) is 0 Å². The number of ether oxygens (including phenoxy) is 3. The second-order valence-corrected chi connectivity index (χ2v) is 7.53. The van der Waals surface area contributed by atoms with Crippen LogP contribution in [0.1, 0.15) is 40.7 Å². The maximum atomic E-state index is 12.9. The molecule has 0 aliphatic carbocycles. The van der Waals surface area contributed by atoms with Crippen molar-refractivity contribution in [3.63, 3.8) is 0 Å². The van der Waals surface area contributed by atoms with Crippen LogP contribution < -0.4 is 9.47 Å². The Morgan fingerprint density at radius 1 is 1.17 bits per heavy atom. The van der Waals surface area contributed by atoms with E-state index < -0.39 is 5.60 Å². The van der Waals surface area contributed by atoms with Crippen LogP contribution in [-0.2, 0) is 21.6 Å². The number of aryl methyl sites for hydroxylation is 1. The van der Waals surface area contributed by atoms with Gasteiger partial charge in [0, 0.05) is 24.6 Å². The number of amides is 1. The largest absolute Gasteiger partial charge is 0.497 e. The first-order valence-corrected chi connectivity index (χ1v) is 9.88. The van der Waals surface area contributed by atoms with Crippen molar-refractivity contribution in [2.45, 2.75) is 31.3 Å². The molecule has 0 saturated carbocycles. The minimum absolute atomic E-state index is 0.0578. The number of esters is 1. The summed E-state index contributed by atoms with van der Waals surface area (Å²) >= 11 is 0.